The van der Waals surface area contributed by atoms with Crippen molar-refractivity contribution in [2.75, 3.05) is 18.1 Å². The second-order valence-electron chi connectivity index (χ2n) is 10.5. The van der Waals surface area contributed by atoms with Crippen LogP contribution in [-0.4, -0.2) is 89.2 Å². The van der Waals surface area contributed by atoms with Crippen molar-refractivity contribution in [2.45, 2.75) is 75.0 Å². The second kappa shape index (κ2) is 12.0. The van der Waals surface area contributed by atoms with E-state index in [1.807, 2.05) is 0 Å². The molecule has 4 rings (SSSR count). The minimum absolute atomic E-state index is 0.0395. The minimum Gasteiger partial charge on any atom is -0.477 e. The maximum Gasteiger partial charge on any atom is 0.407 e. The molecule has 3 aliphatic rings. The van der Waals surface area contributed by atoms with Crippen LogP contribution in [0.4, 0.5) is 4.79 Å². The van der Waals surface area contributed by atoms with Gasteiger partial charge in [-0.05, 0) is 62.5 Å². The van der Waals surface area contributed by atoms with E-state index in [9.17, 15) is 24.3 Å². The van der Waals surface area contributed by atoms with Gasteiger partial charge in [0.15, 0.2) is 0 Å². The summed E-state index contributed by atoms with van der Waals surface area (Å²) in [6.07, 6.45) is 3.07. The number of hydrogen-bond donors (Lipinski definition) is 3. The van der Waals surface area contributed by atoms with Gasteiger partial charge in [-0.1, -0.05) is 22.9 Å². The van der Waals surface area contributed by atoms with Crippen LogP contribution >= 0.6 is 23.5 Å². The van der Waals surface area contributed by atoms with Crippen molar-refractivity contribution in [3.05, 3.63) is 22.4 Å². The van der Waals surface area contributed by atoms with Crippen molar-refractivity contribution >= 4 is 47.4 Å². The topological polar surface area (TPSA) is 169 Å². The Balaban J connectivity index is 1.37. The summed E-state index contributed by atoms with van der Waals surface area (Å²) >= 11 is 2.72. The summed E-state index contributed by atoms with van der Waals surface area (Å²) in [5.41, 5.74) is 1.93. The smallest absolute Gasteiger partial charge is 0.407 e. The lowest BCUT2D eigenvalue weighted by Crippen LogP contribution is -2.70. The van der Waals surface area contributed by atoms with Crippen molar-refractivity contribution in [2.24, 2.45) is 7.05 Å². The number of nitrogens with one attached hydrogen (secondary N) is 2. The Morgan fingerprint density at radius 2 is 1.90 bits per heavy atom. The molecule has 1 saturated heterocycles. The minimum atomic E-state index is -1.18. The van der Waals surface area contributed by atoms with Crippen molar-refractivity contribution in [1.82, 2.24) is 35.7 Å². The number of tetrazole rings is 1. The van der Waals surface area contributed by atoms with Gasteiger partial charge in [-0.2, -0.15) is 0 Å². The molecule has 0 bridgehead atoms. The fourth-order valence-corrected chi connectivity index (χ4v) is 6.99. The summed E-state index contributed by atoms with van der Waals surface area (Å²) in [7, 11) is 1.69. The first kappa shape index (κ1) is 28.9. The third kappa shape index (κ3) is 6.93. The van der Waals surface area contributed by atoms with E-state index in [0.717, 1.165) is 36.8 Å². The average molecular weight is 580 g/mol. The van der Waals surface area contributed by atoms with E-state index >= 15 is 0 Å². The molecule has 3 amide bonds. The number of ether oxygens (including phenoxy) is 1. The van der Waals surface area contributed by atoms with E-state index < -0.39 is 35.0 Å². The van der Waals surface area contributed by atoms with Gasteiger partial charge in [0.05, 0.1) is 0 Å². The van der Waals surface area contributed by atoms with Gasteiger partial charge in [0.1, 0.15) is 22.7 Å². The highest BCUT2D eigenvalue weighted by molar-refractivity contribution is 8.01. The zero-order valence-electron chi connectivity index (χ0n) is 22.4. The fourth-order valence-electron chi connectivity index (χ4n) is 4.66. The summed E-state index contributed by atoms with van der Waals surface area (Å²) in [6, 6.07) is -0.790. The molecule has 1 aromatic rings. The molecule has 212 valence electrons. The van der Waals surface area contributed by atoms with Crippen molar-refractivity contribution in [1.29, 1.82) is 0 Å². The lowest BCUT2D eigenvalue weighted by molar-refractivity contribution is -0.150. The molecule has 0 spiro atoms. The Hall–Kier alpha value is -3.07. The third-order valence-corrected chi connectivity index (χ3v) is 8.89. The lowest BCUT2D eigenvalue weighted by Gasteiger charge is -2.49. The number of carboxylic acid groups (broad SMARTS) is 1. The zero-order chi connectivity index (χ0) is 28.3. The van der Waals surface area contributed by atoms with Crippen LogP contribution in [0, 0.1) is 0 Å². The Kier molecular flexibility index (Phi) is 8.89. The van der Waals surface area contributed by atoms with Crippen molar-refractivity contribution in [3.63, 3.8) is 0 Å². The summed E-state index contributed by atoms with van der Waals surface area (Å²) in [5.74, 6) is -1.18. The Morgan fingerprint density at radius 3 is 2.54 bits per heavy atom. The van der Waals surface area contributed by atoms with Crippen LogP contribution < -0.4 is 10.6 Å². The molecule has 2 atom stereocenters. The molecule has 2 aliphatic heterocycles. The van der Waals surface area contributed by atoms with E-state index in [2.05, 4.69) is 26.2 Å². The van der Waals surface area contributed by atoms with Gasteiger partial charge in [-0.25, -0.2) is 14.3 Å². The van der Waals surface area contributed by atoms with Crippen LogP contribution in [0.15, 0.2) is 27.6 Å². The van der Waals surface area contributed by atoms with Gasteiger partial charge in [0.25, 0.3) is 5.91 Å². The number of thioether (sulfide) groups is 2. The summed E-state index contributed by atoms with van der Waals surface area (Å²) < 4.78 is 6.79. The number of hydrogen-bond acceptors (Lipinski definition) is 10. The van der Waals surface area contributed by atoms with Crippen LogP contribution in [0.5, 0.6) is 0 Å². The molecule has 0 aromatic carbocycles. The van der Waals surface area contributed by atoms with Gasteiger partial charge in [0, 0.05) is 31.5 Å². The molecule has 13 nitrogen and oxygen atoms in total. The number of carbonyl (C=O) groups excluding carboxylic acids is 3. The molecule has 1 fully saturated rings. The number of nitrogens with zero attached hydrogens (tertiary/aromatic N) is 5. The molecule has 1 aliphatic carbocycles. The number of aliphatic carboxylic acids is 1. The van der Waals surface area contributed by atoms with Crippen LogP contribution in [-0.2, 0) is 26.2 Å². The number of rotatable bonds is 9. The van der Waals surface area contributed by atoms with E-state index in [1.54, 1.807) is 27.8 Å². The summed E-state index contributed by atoms with van der Waals surface area (Å²) in [5, 5.41) is 26.8. The number of aromatic nitrogens is 4. The first-order valence-electron chi connectivity index (χ1n) is 12.7. The van der Waals surface area contributed by atoms with Crippen molar-refractivity contribution < 1.29 is 29.0 Å². The molecule has 39 heavy (non-hydrogen) atoms. The molecule has 0 radical (unpaired) electrons. The number of carboxylic acids is 1. The summed E-state index contributed by atoms with van der Waals surface area (Å²) in [6.45, 7) is 5.69. The van der Waals surface area contributed by atoms with E-state index in [1.165, 1.54) is 33.1 Å². The van der Waals surface area contributed by atoms with Crippen LogP contribution in [0.1, 0.15) is 52.9 Å². The number of carbonyl (C=O) groups is 4. The lowest BCUT2D eigenvalue weighted by atomic mass is 9.89. The largest absolute Gasteiger partial charge is 0.477 e. The predicted octanol–water partition coefficient (Wildman–Crippen LogP) is 1.83. The van der Waals surface area contributed by atoms with Gasteiger partial charge >= 0.3 is 12.1 Å². The first-order chi connectivity index (χ1) is 18.4. The fraction of sp³-hybridized carbons (Fsp3) is 0.625. The maximum atomic E-state index is 13.0. The molecular formula is C24H33N7O6S2. The molecule has 3 heterocycles. The van der Waals surface area contributed by atoms with Crippen molar-refractivity contribution in [3.8, 4) is 0 Å². The third-order valence-electron chi connectivity index (χ3n) is 6.45. The number of β-lactam (4-membered cyclic amide) rings is 1. The molecule has 3 N–H and O–H groups in total. The highest BCUT2D eigenvalue weighted by atomic mass is 32.2. The van der Waals surface area contributed by atoms with Crippen LogP contribution in [0.3, 0.4) is 0 Å². The molecule has 1 unspecified atom stereocenters. The first-order valence-corrected chi connectivity index (χ1v) is 14.7. The Bertz CT molecular complexity index is 1220. The van der Waals surface area contributed by atoms with E-state index in [0.29, 0.717) is 28.8 Å². The maximum absolute atomic E-state index is 13.0. The average Bonchev–Trinajstić information content (AvgIpc) is 3.28. The zero-order valence-corrected chi connectivity index (χ0v) is 24.0. The van der Waals surface area contributed by atoms with Gasteiger partial charge in [-0.15, -0.1) is 16.9 Å². The SMILES string of the molecule is Cn1nnnc1SCC1=C(C(=O)O)N2C(=O)C(NC(=O)CC3=C(CNC(=O)OC(C)(C)C)CCCC3)[C@H]2SC1. The number of alkyl carbamates (subject to hydrolysis) is 1. The molecular weight excluding hydrogens is 546 g/mol. The second-order valence-corrected chi connectivity index (χ2v) is 12.6. The quantitative estimate of drug-likeness (QED) is 0.222. The Morgan fingerprint density at radius 1 is 1.18 bits per heavy atom. The molecule has 0 saturated carbocycles. The standard InChI is InChI=1S/C24H33N7O6S2/c1-24(2,3)37-23(36)25-10-14-8-6-5-7-13(14)9-16(32)26-17-19(33)31-18(21(34)35)15(11-38-20(17)31)12-39-22-27-28-29-30(22)4/h17,20H,5-12H2,1-4H3,(H,25,36)(H,26,32)(H,34,35)/t17?,20-/m1/s1. The Labute approximate surface area is 234 Å². The van der Waals surface area contributed by atoms with E-state index in [-0.39, 0.29) is 18.0 Å². The van der Waals surface area contributed by atoms with E-state index in [4.69, 9.17) is 4.74 Å². The summed E-state index contributed by atoms with van der Waals surface area (Å²) in [4.78, 5) is 51.4. The van der Waals surface area contributed by atoms with Crippen LogP contribution in [0.2, 0.25) is 0 Å². The number of amides is 3. The molecule has 1 aromatic heterocycles. The van der Waals surface area contributed by atoms with Gasteiger partial charge in [0.2, 0.25) is 11.1 Å². The highest BCUT2D eigenvalue weighted by Crippen LogP contribution is 2.41. The normalized spacial score (nSPS) is 21.3. The van der Waals surface area contributed by atoms with Gasteiger partial charge < -0.3 is 20.5 Å². The monoisotopic (exact) mass is 579 g/mol. The van der Waals surface area contributed by atoms with Gasteiger partial charge in [-0.3, -0.25) is 14.5 Å². The van der Waals surface area contributed by atoms with Crippen LogP contribution in [0.25, 0.3) is 0 Å². The number of aryl methyl sites for hydroxylation is 1. The molecule has 15 heteroatoms. The highest BCUT2D eigenvalue weighted by Gasteiger charge is 2.54. The predicted molar refractivity (Wildman–Crippen MR) is 144 cm³/mol. The number of fused-ring (bicyclic) bond motifs is 1.